The molecule has 0 saturated heterocycles. The van der Waals surface area contributed by atoms with E-state index in [9.17, 15) is 14.7 Å². The third-order valence-corrected chi connectivity index (χ3v) is 2.53. The van der Waals surface area contributed by atoms with Gasteiger partial charge in [0, 0.05) is 5.54 Å². The SMILES string of the molecule is Cc1cccc(C(=O)NC(C)(C)CC(=O)O)c1O. The van der Waals surface area contributed by atoms with Gasteiger partial charge in [-0.1, -0.05) is 12.1 Å². The zero-order valence-electron chi connectivity index (χ0n) is 10.7. The van der Waals surface area contributed by atoms with Gasteiger partial charge in [-0.3, -0.25) is 9.59 Å². The summed E-state index contributed by atoms with van der Waals surface area (Å²) in [6.07, 6.45) is -0.189. The van der Waals surface area contributed by atoms with Gasteiger partial charge in [-0.15, -0.1) is 0 Å². The highest BCUT2D eigenvalue weighted by Crippen LogP contribution is 2.22. The van der Waals surface area contributed by atoms with E-state index in [1.807, 2.05) is 0 Å². The van der Waals surface area contributed by atoms with Crippen LogP contribution in [-0.4, -0.2) is 27.6 Å². The van der Waals surface area contributed by atoms with E-state index in [0.717, 1.165) is 0 Å². The summed E-state index contributed by atoms with van der Waals surface area (Å²) >= 11 is 0. The maximum atomic E-state index is 12.0. The van der Waals surface area contributed by atoms with E-state index in [0.29, 0.717) is 5.56 Å². The van der Waals surface area contributed by atoms with Crippen LogP contribution < -0.4 is 5.32 Å². The van der Waals surface area contributed by atoms with Crippen molar-refractivity contribution >= 4 is 11.9 Å². The summed E-state index contributed by atoms with van der Waals surface area (Å²) < 4.78 is 0. The number of phenols is 1. The fraction of sp³-hybridized carbons (Fsp3) is 0.385. The number of phenolic OH excluding ortho intramolecular Hbond substituents is 1. The summed E-state index contributed by atoms with van der Waals surface area (Å²) in [6, 6.07) is 4.84. The van der Waals surface area contributed by atoms with Crippen molar-refractivity contribution in [2.45, 2.75) is 32.7 Å². The van der Waals surface area contributed by atoms with Gasteiger partial charge in [0.25, 0.3) is 5.91 Å². The van der Waals surface area contributed by atoms with Crippen LogP contribution in [0.25, 0.3) is 0 Å². The molecule has 5 heteroatoms. The third-order valence-electron chi connectivity index (χ3n) is 2.53. The van der Waals surface area contributed by atoms with Crippen LogP contribution in [0.4, 0.5) is 0 Å². The molecule has 0 heterocycles. The summed E-state index contributed by atoms with van der Waals surface area (Å²) in [5.74, 6) is -1.56. The molecule has 0 aliphatic rings. The second-order valence-electron chi connectivity index (χ2n) is 4.88. The number of carbonyl (C=O) groups excluding carboxylic acids is 1. The number of hydrogen-bond acceptors (Lipinski definition) is 3. The molecule has 1 amide bonds. The minimum atomic E-state index is -0.992. The van der Waals surface area contributed by atoms with Crippen molar-refractivity contribution in [3.05, 3.63) is 29.3 Å². The Morgan fingerprint density at radius 1 is 1.33 bits per heavy atom. The van der Waals surface area contributed by atoms with Gasteiger partial charge in [0.2, 0.25) is 0 Å². The number of carboxylic acid groups (broad SMARTS) is 1. The molecular weight excluding hydrogens is 234 g/mol. The molecule has 0 saturated carbocycles. The minimum absolute atomic E-state index is 0.0823. The number of aromatic hydroxyl groups is 1. The fourth-order valence-electron chi connectivity index (χ4n) is 1.64. The van der Waals surface area contributed by atoms with Gasteiger partial charge in [0.15, 0.2) is 0 Å². The average Bonchev–Trinajstić information content (AvgIpc) is 2.18. The van der Waals surface area contributed by atoms with Crippen LogP contribution in [0.15, 0.2) is 18.2 Å². The second kappa shape index (κ2) is 5.08. The number of para-hydroxylation sites is 1. The molecule has 0 atom stereocenters. The lowest BCUT2D eigenvalue weighted by Gasteiger charge is -2.24. The highest BCUT2D eigenvalue weighted by molar-refractivity contribution is 5.97. The highest BCUT2D eigenvalue weighted by atomic mass is 16.4. The fourth-order valence-corrected chi connectivity index (χ4v) is 1.64. The van der Waals surface area contributed by atoms with E-state index in [1.165, 1.54) is 6.07 Å². The van der Waals surface area contributed by atoms with Crippen molar-refractivity contribution in [2.75, 3.05) is 0 Å². The lowest BCUT2D eigenvalue weighted by molar-refractivity contribution is -0.138. The predicted molar refractivity (Wildman–Crippen MR) is 66.6 cm³/mol. The van der Waals surface area contributed by atoms with E-state index in [1.54, 1.807) is 32.9 Å². The van der Waals surface area contributed by atoms with Crippen LogP contribution in [0.3, 0.4) is 0 Å². The lowest BCUT2D eigenvalue weighted by atomic mass is 9.99. The number of aliphatic carboxylic acids is 1. The molecule has 0 aromatic heterocycles. The van der Waals surface area contributed by atoms with Gasteiger partial charge in [0.05, 0.1) is 12.0 Å². The maximum Gasteiger partial charge on any atom is 0.305 e. The van der Waals surface area contributed by atoms with E-state index in [4.69, 9.17) is 5.11 Å². The number of rotatable bonds is 4. The van der Waals surface area contributed by atoms with Crippen LogP contribution in [0.1, 0.15) is 36.2 Å². The van der Waals surface area contributed by atoms with Crippen molar-refractivity contribution in [3.8, 4) is 5.75 Å². The van der Waals surface area contributed by atoms with Gasteiger partial charge in [-0.05, 0) is 32.4 Å². The summed E-state index contributed by atoms with van der Waals surface area (Å²) in [4.78, 5) is 22.6. The first-order chi connectivity index (χ1) is 8.23. The first-order valence-corrected chi connectivity index (χ1v) is 5.56. The third kappa shape index (κ3) is 3.48. The molecule has 0 aliphatic carbocycles. The molecule has 5 nitrogen and oxygen atoms in total. The Hall–Kier alpha value is -2.04. The van der Waals surface area contributed by atoms with E-state index < -0.39 is 17.4 Å². The topological polar surface area (TPSA) is 86.6 Å². The molecule has 98 valence electrons. The van der Waals surface area contributed by atoms with Crippen LogP contribution in [0, 0.1) is 6.92 Å². The molecule has 1 aromatic carbocycles. The number of hydrogen-bond donors (Lipinski definition) is 3. The molecule has 1 rings (SSSR count). The standard InChI is InChI=1S/C13H17NO4/c1-8-5-4-6-9(11(8)17)12(18)14-13(2,3)7-10(15)16/h4-6,17H,7H2,1-3H3,(H,14,18)(H,15,16). The Kier molecular flexibility index (Phi) is 3.96. The smallest absolute Gasteiger partial charge is 0.305 e. The molecule has 0 spiro atoms. The molecule has 0 unspecified atom stereocenters. The summed E-state index contributed by atoms with van der Waals surface area (Å²) in [6.45, 7) is 4.92. The Labute approximate surface area is 105 Å². The Morgan fingerprint density at radius 3 is 2.50 bits per heavy atom. The summed E-state index contributed by atoms with van der Waals surface area (Å²) in [5.41, 5.74) is -0.133. The van der Waals surface area contributed by atoms with Crippen molar-refractivity contribution < 1.29 is 19.8 Å². The van der Waals surface area contributed by atoms with Crippen LogP contribution in [0.5, 0.6) is 5.75 Å². The largest absolute Gasteiger partial charge is 0.507 e. The Balaban J connectivity index is 2.89. The maximum absolute atomic E-state index is 12.0. The number of aryl methyl sites for hydroxylation is 1. The number of benzene rings is 1. The van der Waals surface area contributed by atoms with E-state index >= 15 is 0 Å². The van der Waals surface area contributed by atoms with Crippen LogP contribution >= 0.6 is 0 Å². The highest BCUT2D eigenvalue weighted by Gasteiger charge is 2.25. The second-order valence-corrected chi connectivity index (χ2v) is 4.88. The van der Waals surface area contributed by atoms with Gasteiger partial charge in [0.1, 0.15) is 5.75 Å². The molecule has 0 aliphatic heterocycles. The van der Waals surface area contributed by atoms with Crippen molar-refractivity contribution in [1.82, 2.24) is 5.32 Å². The number of amides is 1. The zero-order valence-corrected chi connectivity index (χ0v) is 10.7. The predicted octanol–water partition coefficient (Wildman–Crippen LogP) is 1.68. The zero-order chi connectivity index (χ0) is 13.9. The van der Waals surface area contributed by atoms with Gasteiger partial charge in [-0.2, -0.15) is 0 Å². The van der Waals surface area contributed by atoms with Gasteiger partial charge < -0.3 is 15.5 Å². The minimum Gasteiger partial charge on any atom is -0.507 e. The molecule has 0 fully saturated rings. The average molecular weight is 251 g/mol. The first-order valence-electron chi connectivity index (χ1n) is 5.56. The molecule has 0 bridgehead atoms. The number of carboxylic acids is 1. The quantitative estimate of drug-likeness (QED) is 0.760. The number of carbonyl (C=O) groups is 2. The molecule has 0 radical (unpaired) electrons. The normalized spacial score (nSPS) is 11.1. The Bertz CT molecular complexity index is 480. The summed E-state index contributed by atoms with van der Waals surface area (Å²) in [5, 5.41) is 21.1. The van der Waals surface area contributed by atoms with Gasteiger partial charge >= 0.3 is 5.97 Å². The van der Waals surface area contributed by atoms with Gasteiger partial charge in [-0.25, -0.2) is 0 Å². The lowest BCUT2D eigenvalue weighted by Crippen LogP contribution is -2.44. The summed E-state index contributed by atoms with van der Waals surface area (Å²) in [7, 11) is 0. The van der Waals surface area contributed by atoms with Crippen molar-refractivity contribution in [1.29, 1.82) is 0 Å². The molecule has 1 aromatic rings. The van der Waals surface area contributed by atoms with Crippen LogP contribution in [0.2, 0.25) is 0 Å². The molecule has 18 heavy (non-hydrogen) atoms. The Morgan fingerprint density at radius 2 is 1.94 bits per heavy atom. The monoisotopic (exact) mass is 251 g/mol. The molecule has 3 N–H and O–H groups in total. The van der Waals surface area contributed by atoms with Crippen molar-refractivity contribution in [2.24, 2.45) is 0 Å². The first kappa shape index (κ1) is 14.0. The molecular formula is C13H17NO4. The van der Waals surface area contributed by atoms with E-state index in [-0.39, 0.29) is 17.7 Å². The van der Waals surface area contributed by atoms with E-state index in [2.05, 4.69) is 5.32 Å². The van der Waals surface area contributed by atoms with Crippen LogP contribution in [-0.2, 0) is 4.79 Å². The van der Waals surface area contributed by atoms with Crippen molar-refractivity contribution in [3.63, 3.8) is 0 Å². The number of nitrogens with one attached hydrogen (secondary N) is 1.